The maximum Gasteiger partial charge on any atom is 0.339 e. The van der Waals surface area contributed by atoms with E-state index < -0.39 is 86.1 Å². The Kier molecular flexibility index (Phi) is 11.4. The molecule has 0 radical (unpaired) electrons. The highest BCUT2D eigenvalue weighted by molar-refractivity contribution is 5.94. The lowest BCUT2D eigenvalue weighted by atomic mass is 9.28. The number of hydrogen-bond donors (Lipinski definition) is 4. The lowest BCUT2D eigenvalue weighted by Crippen LogP contribution is -2.84. The number of nitrogens with zero attached hydrogens (tertiary/aromatic N) is 1. The number of esters is 2. The number of allylic oxidation sites excluding steroid dienone is 1. The standard InChI is InChI=1S/C74H90N2O11/c1-66-36-47-37-68-49(20-27-67(68)24-8-9-25-67)34-50-21-28-70(48-14-6-3-7-15-48)60-58(79)62(80)72(59(47)69(60)40-84-64(81)61(68)73(50,69)87-70)54-32-43(31-42-11-4-2-5-12-42)16-17-44(54)13-10-26-71(66,86-65(82)63-74(66,72)85-63)53-23-30-83-57(53)35-52(56(78)39-77)45-18-19-51-46(33-45)22-29-76-41-75-38-55(51)76/h2,4-5,11-12,21-23,29-30,43-49,51-52,54-56,59-63,75,77-78,80H,3,6-9,14-20,24-28,31-41H2,1H3/t43-,44-,45+,46+,47+,49+,51-,52-,54-,55+,56+,59+,60-,61-,62+,63+,66-,68+,69+,70+,71-,72-,73-,74+/m0/s1. The van der Waals surface area contributed by atoms with Crippen molar-refractivity contribution in [3.05, 3.63) is 83.5 Å². The van der Waals surface area contributed by atoms with E-state index in [1.54, 1.807) is 6.26 Å². The Bertz CT molecular complexity index is 3370. The van der Waals surface area contributed by atoms with Gasteiger partial charge >= 0.3 is 11.9 Å². The molecule has 10 aliphatic carbocycles. The fourth-order valence-corrected chi connectivity index (χ4v) is 28.2. The predicted octanol–water partition coefficient (Wildman–Crippen LogP) is 9.68. The molecule has 1 aromatic heterocycles. The average molecular weight is 1180 g/mol. The Morgan fingerprint density at radius 2 is 1.74 bits per heavy atom. The summed E-state index contributed by atoms with van der Waals surface area (Å²) in [6.07, 6.45) is 26.1. The Morgan fingerprint density at radius 1 is 0.885 bits per heavy atom. The molecule has 9 bridgehead atoms. The van der Waals surface area contributed by atoms with Gasteiger partial charge in [-0.3, -0.25) is 14.9 Å². The number of aliphatic hydroxyl groups is 3. The summed E-state index contributed by atoms with van der Waals surface area (Å²) in [4.78, 5) is 52.6. The number of ketones is 1. The number of epoxide rings is 1. The highest BCUT2D eigenvalue weighted by Crippen LogP contribution is 2.92. The number of benzene rings is 1. The van der Waals surface area contributed by atoms with Crippen molar-refractivity contribution in [3.8, 4) is 11.8 Å². The minimum absolute atomic E-state index is 0.0479. The fraction of sp³-hybridized carbons (Fsp3) is 0.743. The van der Waals surface area contributed by atoms with E-state index in [4.69, 9.17) is 23.4 Å². The maximum absolute atomic E-state index is 17.7. The Balaban J connectivity index is 0.849. The Labute approximate surface area is 512 Å². The molecule has 8 heterocycles. The molecule has 17 aliphatic rings. The van der Waals surface area contributed by atoms with Crippen LogP contribution in [0.25, 0.3) is 0 Å². The first-order valence-corrected chi connectivity index (χ1v) is 35.0. The molecular weight excluding hydrogens is 1090 g/mol. The summed E-state index contributed by atoms with van der Waals surface area (Å²) in [5, 5.41) is 41.8. The van der Waals surface area contributed by atoms with Gasteiger partial charge in [-0.25, -0.2) is 4.79 Å². The molecular formula is C74H90N2O11. The van der Waals surface area contributed by atoms with Crippen LogP contribution in [0.2, 0.25) is 0 Å². The summed E-state index contributed by atoms with van der Waals surface area (Å²) in [6, 6.07) is 13.2. The van der Waals surface area contributed by atoms with Gasteiger partial charge in [-0.05, 0) is 203 Å². The summed E-state index contributed by atoms with van der Waals surface area (Å²) >= 11 is 0. The van der Waals surface area contributed by atoms with Gasteiger partial charge in [0.2, 0.25) is 0 Å². The molecule has 0 amide bonds. The van der Waals surface area contributed by atoms with Crippen LogP contribution in [0.15, 0.2) is 71.0 Å². The zero-order valence-corrected chi connectivity index (χ0v) is 50.9. The zero-order valence-electron chi connectivity index (χ0n) is 50.9. The quantitative estimate of drug-likeness (QED) is 0.0808. The molecule has 5 saturated heterocycles. The molecule has 9 saturated carbocycles. The molecule has 87 heavy (non-hydrogen) atoms. The summed E-state index contributed by atoms with van der Waals surface area (Å²) in [6.45, 7) is 3.81. The number of nitrogens with one attached hydrogen (secondary N) is 1. The van der Waals surface area contributed by atoms with Crippen molar-refractivity contribution < 1.29 is 53.1 Å². The number of aliphatic hydroxyl groups excluding tert-OH is 3. The third kappa shape index (κ3) is 6.19. The van der Waals surface area contributed by atoms with Gasteiger partial charge < -0.3 is 43.6 Å². The lowest BCUT2D eigenvalue weighted by Gasteiger charge is -2.74. The Morgan fingerprint density at radius 3 is 2.57 bits per heavy atom. The van der Waals surface area contributed by atoms with Crippen molar-refractivity contribution >= 4 is 17.7 Å². The van der Waals surface area contributed by atoms with Crippen molar-refractivity contribution in [1.82, 2.24) is 10.2 Å². The minimum Gasteiger partial charge on any atom is -0.469 e. The van der Waals surface area contributed by atoms with E-state index in [-0.39, 0.29) is 84.1 Å². The highest BCUT2D eigenvalue weighted by Gasteiger charge is 3.00. The van der Waals surface area contributed by atoms with Crippen molar-refractivity contribution in [2.75, 3.05) is 26.4 Å². The smallest absolute Gasteiger partial charge is 0.339 e. The number of hydrogen-bond acceptors (Lipinski definition) is 13. The van der Waals surface area contributed by atoms with Crippen LogP contribution in [0.4, 0.5) is 0 Å². The van der Waals surface area contributed by atoms with Crippen molar-refractivity contribution in [1.29, 1.82) is 0 Å². The zero-order chi connectivity index (χ0) is 58.5. The van der Waals surface area contributed by atoms with Gasteiger partial charge in [0.1, 0.15) is 29.7 Å². The molecule has 4 N–H and O–H groups in total. The number of Topliss-reactive ketones (excluding diaryl/α,β-unsaturated/α-hetero) is 1. The molecule has 7 aliphatic heterocycles. The molecule has 19 rings (SSSR count). The van der Waals surface area contributed by atoms with Gasteiger partial charge in [-0.2, -0.15) is 0 Å². The number of furan rings is 1. The third-order valence-electron chi connectivity index (χ3n) is 30.6. The molecule has 1 aromatic carbocycles. The van der Waals surface area contributed by atoms with Gasteiger partial charge in [0.05, 0.1) is 54.9 Å². The van der Waals surface area contributed by atoms with Crippen LogP contribution in [0.3, 0.4) is 0 Å². The van der Waals surface area contributed by atoms with Crippen LogP contribution < -0.4 is 5.32 Å². The molecule has 24 atom stereocenters. The Hall–Kier alpha value is -4.29. The van der Waals surface area contributed by atoms with Crippen molar-refractivity contribution in [2.45, 2.75) is 208 Å². The summed E-state index contributed by atoms with van der Waals surface area (Å²) in [7, 11) is 0. The molecule has 14 fully saturated rings. The molecule has 462 valence electrons. The van der Waals surface area contributed by atoms with Crippen molar-refractivity contribution in [2.24, 2.45) is 104 Å². The fourth-order valence-electron chi connectivity index (χ4n) is 28.2. The summed E-state index contributed by atoms with van der Waals surface area (Å²) in [5.41, 5.74) is -6.04. The second kappa shape index (κ2) is 18.3. The molecule has 13 heteroatoms. The maximum atomic E-state index is 17.7. The second-order valence-electron chi connectivity index (χ2n) is 32.6. The van der Waals surface area contributed by atoms with Crippen molar-refractivity contribution in [3.63, 3.8) is 0 Å². The number of carbonyl (C=O) groups excluding carboxylic acids is 3. The van der Waals surface area contributed by atoms with Gasteiger partial charge in [0.15, 0.2) is 17.5 Å². The van der Waals surface area contributed by atoms with Crippen LogP contribution in [0, 0.1) is 116 Å². The first kappa shape index (κ1) is 54.4. The van der Waals surface area contributed by atoms with Gasteiger partial charge in [-0.1, -0.05) is 93.4 Å². The van der Waals surface area contributed by atoms with E-state index >= 15 is 19.5 Å². The lowest BCUT2D eigenvalue weighted by molar-refractivity contribution is -0.315. The van der Waals surface area contributed by atoms with E-state index in [0.717, 1.165) is 141 Å². The van der Waals surface area contributed by atoms with E-state index in [9.17, 15) is 10.2 Å². The van der Waals surface area contributed by atoms with E-state index in [1.165, 1.54) is 11.1 Å². The number of rotatable bonds is 9. The largest absolute Gasteiger partial charge is 0.469 e. The van der Waals surface area contributed by atoms with E-state index in [0.29, 0.717) is 49.3 Å². The molecule has 0 unspecified atom stereocenters. The number of carbonyl (C=O) groups is 3. The first-order valence-electron chi connectivity index (χ1n) is 35.0. The van der Waals surface area contributed by atoms with Crippen LogP contribution in [0.5, 0.6) is 0 Å². The monoisotopic (exact) mass is 1180 g/mol. The second-order valence-corrected chi connectivity index (χ2v) is 32.6. The minimum atomic E-state index is -1.55. The number of fused-ring (bicyclic) bond motifs is 6. The van der Waals surface area contributed by atoms with Crippen LogP contribution in [-0.2, 0) is 51.8 Å². The van der Waals surface area contributed by atoms with Gasteiger partial charge in [-0.15, -0.1) is 0 Å². The van der Waals surface area contributed by atoms with Crippen LogP contribution in [-0.4, -0.2) is 106 Å². The highest BCUT2D eigenvalue weighted by atomic mass is 16.7. The predicted molar refractivity (Wildman–Crippen MR) is 318 cm³/mol. The topological polar surface area (TPSA) is 181 Å². The molecule has 6 spiro atoms. The van der Waals surface area contributed by atoms with Gasteiger partial charge in [0, 0.05) is 41.3 Å². The van der Waals surface area contributed by atoms with E-state index in [2.05, 4.69) is 77.7 Å². The summed E-state index contributed by atoms with van der Waals surface area (Å²) in [5.74, 6) is 6.09. The normalized spacial score (nSPS) is 50.9. The van der Waals surface area contributed by atoms with E-state index in [1.807, 2.05) is 6.07 Å². The molecule has 2 aromatic rings. The molecule has 13 nitrogen and oxygen atoms in total. The average Bonchev–Trinajstić information content (AvgIpc) is 1.44. The van der Waals surface area contributed by atoms with Crippen LogP contribution in [0.1, 0.15) is 165 Å². The van der Waals surface area contributed by atoms with Gasteiger partial charge in [0.25, 0.3) is 0 Å². The number of cyclic esters (lactones) is 1. The summed E-state index contributed by atoms with van der Waals surface area (Å²) < 4.78 is 38.0. The SMILES string of the molecule is C[C@]12C[C@@H]3C[C@]45[C@H](CCC46CCCC6)CC4=CC[C@]6(C7CCCCC7)O[C@]47[C@H]5C(=O)OC[C@]74[C@@H]3[C@]3([C@H](O)C(=O)[C@@H]46)[C@H]4C[C@H](Cc5ccccc5)CC[C@@H]4C#CC[C@@]1(c1ccoc1C[C@@H]([C@@H]1CC[C@H]4[C@H](C=CN5CNC[C@H]45)C1)[C@H](O)CO)OC(=O)[C@H]1O[C@@]132. The number of ether oxygens (including phenoxy) is 4. The third-order valence-corrected chi connectivity index (χ3v) is 30.6. The van der Waals surface area contributed by atoms with Crippen LogP contribution >= 0.6 is 0 Å². The first-order chi connectivity index (χ1) is 42.3.